The van der Waals surface area contributed by atoms with Crippen molar-refractivity contribution in [2.45, 2.75) is 58.8 Å². The van der Waals surface area contributed by atoms with E-state index in [0.717, 1.165) is 16.7 Å². The van der Waals surface area contributed by atoms with Gasteiger partial charge in [0.25, 0.3) is 5.91 Å². The fraction of sp³-hybridized carbons (Fsp3) is 0.583. The molecule has 2 heterocycles. The van der Waals surface area contributed by atoms with E-state index in [2.05, 4.69) is 41.5 Å². The summed E-state index contributed by atoms with van der Waals surface area (Å²) in [5, 5.41) is 10.9. The van der Waals surface area contributed by atoms with Crippen molar-refractivity contribution in [3.8, 4) is 5.75 Å². The number of imide groups is 1. The van der Waals surface area contributed by atoms with Crippen LogP contribution in [0.25, 0.3) is 6.08 Å². The lowest BCUT2D eigenvalue weighted by atomic mass is 9.78. The molecule has 0 saturated carbocycles. The fourth-order valence-corrected chi connectivity index (χ4v) is 3.94. The van der Waals surface area contributed by atoms with Crippen LogP contribution >= 0.6 is 0 Å². The van der Waals surface area contributed by atoms with Crippen LogP contribution in [0.3, 0.4) is 0 Å². The summed E-state index contributed by atoms with van der Waals surface area (Å²) in [5.41, 5.74) is 2.74. The molecule has 0 bridgehead atoms. The highest BCUT2D eigenvalue weighted by atomic mass is 16.5. The Kier molecular flexibility index (Phi) is 6.01. The minimum atomic E-state index is -0.239. The van der Waals surface area contributed by atoms with Gasteiger partial charge in [0.15, 0.2) is 0 Å². The number of benzene rings is 1. The molecule has 6 nitrogen and oxygen atoms in total. The van der Waals surface area contributed by atoms with Crippen LogP contribution in [0.15, 0.2) is 17.7 Å². The topological polar surface area (TPSA) is 70.1 Å². The summed E-state index contributed by atoms with van der Waals surface area (Å²) in [4.78, 5) is 28.7. The van der Waals surface area contributed by atoms with Crippen molar-refractivity contribution in [1.29, 1.82) is 0 Å². The van der Waals surface area contributed by atoms with E-state index < -0.39 is 0 Å². The first-order chi connectivity index (χ1) is 13.9. The normalized spacial score (nSPS) is 19.7. The number of phenols is 1. The average Bonchev–Trinajstić information content (AvgIpc) is 3.01. The Labute approximate surface area is 179 Å². The number of nitrogens with zero attached hydrogens (tertiary/aromatic N) is 2. The molecule has 164 valence electrons. The highest BCUT2D eigenvalue weighted by Crippen LogP contribution is 2.40. The summed E-state index contributed by atoms with van der Waals surface area (Å²) in [6.07, 6.45) is 2.41. The molecule has 1 aromatic carbocycles. The van der Waals surface area contributed by atoms with Crippen LogP contribution in [-0.4, -0.2) is 59.7 Å². The second-order valence-corrected chi connectivity index (χ2v) is 10.2. The zero-order valence-electron chi connectivity index (χ0n) is 19.0. The molecule has 2 saturated heterocycles. The summed E-state index contributed by atoms with van der Waals surface area (Å²) in [6.45, 7) is 14.8. The molecule has 6 heteroatoms. The van der Waals surface area contributed by atoms with E-state index in [4.69, 9.17) is 4.74 Å². The minimum absolute atomic E-state index is 0.228. The number of aromatic hydroxyl groups is 1. The van der Waals surface area contributed by atoms with Crippen molar-refractivity contribution in [2.24, 2.45) is 0 Å². The van der Waals surface area contributed by atoms with Gasteiger partial charge in [-0.25, -0.2) is 4.79 Å². The average molecular weight is 415 g/mol. The molecule has 2 aliphatic heterocycles. The number of morpholine rings is 1. The van der Waals surface area contributed by atoms with E-state index in [1.165, 1.54) is 4.90 Å². The van der Waals surface area contributed by atoms with Crippen molar-refractivity contribution in [2.75, 3.05) is 32.8 Å². The lowest BCUT2D eigenvalue weighted by molar-refractivity contribution is -0.122. The molecule has 30 heavy (non-hydrogen) atoms. The van der Waals surface area contributed by atoms with Crippen LogP contribution in [0.1, 0.15) is 64.7 Å². The molecule has 0 aliphatic carbocycles. The third-order valence-corrected chi connectivity index (χ3v) is 5.73. The molecule has 1 aromatic rings. The van der Waals surface area contributed by atoms with Gasteiger partial charge < -0.3 is 14.7 Å². The molecule has 2 aliphatic rings. The molecule has 0 spiro atoms. The number of carbonyl (C=O) groups is 2. The monoisotopic (exact) mass is 414 g/mol. The molecular formula is C24H34N2O4. The Balaban J connectivity index is 1.93. The summed E-state index contributed by atoms with van der Waals surface area (Å²) < 4.78 is 5.30. The Morgan fingerprint density at radius 3 is 2.03 bits per heavy atom. The first kappa shape index (κ1) is 22.3. The molecule has 2 fully saturated rings. The van der Waals surface area contributed by atoms with E-state index in [9.17, 15) is 14.7 Å². The van der Waals surface area contributed by atoms with Crippen molar-refractivity contribution in [3.63, 3.8) is 0 Å². The number of rotatable bonds is 1. The van der Waals surface area contributed by atoms with E-state index in [1.807, 2.05) is 18.2 Å². The van der Waals surface area contributed by atoms with E-state index in [1.54, 1.807) is 4.90 Å². The lowest BCUT2D eigenvalue weighted by Crippen LogP contribution is -2.48. The minimum Gasteiger partial charge on any atom is -0.507 e. The number of amides is 3. The van der Waals surface area contributed by atoms with Gasteiger partial charge in [-0.1, -0.05) is 41.5 Å². The Hall–Kier alpha value is -2.34. The number of ether oxygens (including phenoxy) is 1. The SMILES string of the molecule is CC(C)(C)c1cc(/C=C2/CCN(C(=O)N3CCOCC3)C2=O)cc(C(C)(C)C)c1O. The van der Waals surface area contributed by atoms with Gasteiger partial charge in [-0.05, 0) is 41.0 Å². The first-order valence-electron chi connectivity index (χ1n) is 10.7. The zero-order valence-corrected chi connectivity index (χ0v) is 19.0. The van der Waals surface area contributed by atoms with Gasteiger partial charge in [0.05, 0.1) is 13.2 Å². The van der Waals surface area contributed by atoms with E-state index >= 15 is 0 Å². The number of urea groups is 1. The zero-order chi connectivity index (χ0) is 22.3. The number of phenolic OH excluding ortho intramolecular Hbond substituents is 1. The number of carbonyl (C=O) groups excluding carboxylic acids is 2. The maximum Gasteiger partial charge on any atom is 0.327 e. The van der Waals surface area contributed by atoms with Crippen LogP contribution in [0, 0.1) is 0 Å². The quantitative estimate of drug-likeness (QED) is 0.704. The van der Waals surface area contributed by atoms with Gasteiger partial charge in [0.1, 0.15) is 5.75 Å². The summed E-state index contributed by atoms with van der Waals surface area (Å²) in [5.74, 6) is 0.0909. The van der Waals surface area contributed by atoms with Crippen LogP contribution in [0.4, 0.5) is 4.79 Å². The predicted octanol–water partition coefficient (Wildman–Crippen LogP) is 4.06. The van der Waals surface area contributed by atoms with Crippen LogP contribution < -0.4 is 0 Å². The highest BCUT2D eigenvalue weighted by Gasteiger charge is 2.34. The van der Waals surface area contributed by atoms with E-state index in [0.29, 0.717) is 50.6 Å². The molecule has 0 radical (unpaired) electrons. The number of hydrogen-bond acceptors (Lipinski definition) is 4. The van der Waals surface area contributed by atoms with Gasteiger partial charge in [0, 0.05) is 36.3 Å². The fourth-order valence-electron chi connectivity index (χ4n) is 3.94. The van der Waals surface area contributed by atoms with Crippen molar-refractivity contribution < 1.29 is 19.4 Å². The third kappa shape index (κ3) is 4.53. The van der Waals surface area contributed by atoms with Crippen molar-refractivity contribution in [1.82, 2.24) is 9.80 Å². The standard InChI is InChI=1S/C24H34N2O4/c1-23(2,3)18-14-16(15-19(20(18)27)24(4,5)6)13-17-7-8-26(21(17)28)22(29)25-9-11-30-12-10-25/h13-15,27H,7-12H2,1-6H3/b17-13-. The summed E-state index contributed by atoms with van der Waals surface area (Å²) >= 11 is 0. The van der Waals surface area contributed by atoms with Crippen molar-refractivity contribution in [3.05, 3.63) is 34.4 Å². The number of likely N-dealkylation sites (tertiary alicyclic amines) is 1. The molecule has 1 N–H and O–H groups in total. The third-order valence-electron chi connectivity index (χ3n) is 5.73. The summed E-state index contributed by atoms with van der Waals surface area (Å²) in [6, 6.07) is 3.68. The Bertz CT molecular complexity index is 833. The van der Waals surface area contributed by atoms with Gasteiger partial charge in [-0.2, -0.15) is 0 Å². The first-order valence-corrected chi connectivity index (χ1v) is 10.7. The molecule has 3 amide bonds. The van der Waals surface area contributed by atoms with Crippen LogP contribution in [0.5, 0.6) is 5.75 Å². The van der Waals surface area contributed by atoms with Gasteiger partial charge >= 0.3 is 6.03 Å². The summed E-state index contributed by atoms with van der Waals surface area (Å²) in [7, 11) is 0. The number of hydrogen-bond donors (Lipinski definition) is 1. The molecule has 0 atom stereocenters. The molecular weight excluding hydrogens is 380 g/mol. The van der Waals surface area contributed by atoms with E-state index in [-0.39, 0.29) is 22.8 Å². The van der Waals surface area contributed by atoms with Crippen LogP contribution in [-0.2, 0) is 20.4 Å². The van der Waals surface area contributed by atoms with Gasteiger partial charge in [-0.3, -0.25) is 9.69 Å². The largest absolute Gasteiger partial charge is 0.507 e. The second-order valence-electron chi connectivity index (χ2n) is 10.2. The maximum atomic E-state index is 13.0. The van der Waals surface area contributed by atoms with Crippen LogP contribution in [0.2, 0.25) is 0 Å². The Morgan fingerprint density at radius 2 is 1.53 bits per heavy atom. The Morgan fingerprint density at radius 1 is 1.00 bits per heavy atom. The highest BCUT2D eigenvalue weighted by molar-refractivity contribution is 6.08. The predicted molar refractivity (Wildman–Crippen MR) is 118 cm³/mol. The molecule has 0 unspecified atom stereocenters. The second kappa shape index (κ2) is 8.06. The lowest BCUT2D eigenvalue weighted by Gasteiger charge is -2.29. The molecule has 3 rings (SSSR count). The van der Waals surface area contributed by atoms with Crippen molar-refractivity contribution >= 4 is 18.0 Å². The van der Waals surface area contributed by atoms with Gasteiger partial charge in [-0.15, -0.1) is 0 Å². The smallest absolute Gasteiger partial charge is 0.327 e. The molecule has 0 aromatic heterocycles. The van der Waals surface area contributed by atoms with Gasteiger partial charge in [0.2, 0.25) is 0 Å². The maximum absolute atomic E-state index is 13.0.